The zero-order chi connectivity index (χ0) is 30.2. The Morgan fingerprint density at radius 3 is 1.98 bits per heavy atom. The number of rotatable bonds is 8. The SMILES string of the molecule is CCOc1cc(C2C3=C(CC(C)(C)CC3=O)N(CC)C3=C2C(=O)CC(C)(C)C3)ccc1OCC(=O)Nc1ccccc1. The van der Waals surface area contributed by atoms with Crippen LogP contribution in [0.1, 0.15) is 78.7 Å². The molecule has 0 saturated heterocycles. The number of nitrogens with zero attached hydrogens (tertiary/aromatic N) is 1. The summed E-state index contributed by atoms with van der Waals surface area (Å²) in [4.78, 5) is 42.6. The molecule has 0 atom stereocenters. The smallest absolute Gasteiger partial charge is 0.262 e. The van der Waals surface area contributed by atoms with Gasteiger partial charge < -0.3 is 19.7 Å². The summed E-state index contributed by atoms with van der Waals surface area (Å²) >= 11 is 0. The van der Waals surface area contributed by atoms with E-state index in [1.807, 2.05) is 49.4 Å². The number of amides is 1. The van der Waals surface area contributed by atoms with Crippen LogP contribution in [0, 0.1) is 10.8 Å². The zero-order valence-corrected chi connectivity index (χ0v) is 25.6. The monoisotopic (exact) mass is 570 g/mol. The topological polar surface area (TPSA) is 84.9 Å². The molecule has 2 aromatic carbocycles. The molecule has 42 heavy (non-hydrogen) atoms. The second kappa shape index (κ2) is 11.4. The van der Waals surface area contributed by atoms with Crippen molar-refractivity contribution in [3.05, 3.63) is 76.6 Å². The number of ketones is 2. The molecule has 2 aromatic rings. The van der Waals surface area contributed by atoms with Gasteiger partial charge in [-0.25, -0.2) is 0 Å². The van der Waals surface area contributed by atoms with Crippen molar-refractivity contribution in [2.24, 2.45) is 10.8 Å². The first-order chi connectivity index (χ1) is 19.9. The van der Waals surface area contributed by atoms with Crippen molar-refractivity contribution >= 4 is 23.2 Å². The molecule has 5 rings (SSSR count). The number of carbonyl (C=O) groups is 3. The molecule has 1 N–H and O–H groups in total. The Bertz CT molecular complexity index is 1410. The van der Waals surface area contributed by atoms with Crippen LogP contribution < -0.4 is 14.8 Å². The molecule has 0 spiro atoms. The molecular weight excluding hydrogens is 528 g/mol. The van der Waals surface area contributed by atoms with Gasteiger partial charge in [-0.1, -0.05) is 52.0 Å². The van der Waals surface area contributed by atoms with Gasteiger partial charge >= 0.3 is 0 Å². The molecular formula is C35H42N2O5. The molecule has 3 aliphatic rings. The third kappa shape index (κ3) is 5.87. The van der Waals surface area contributed by atoms with Gasteiger partial charge in [0, 0.05) is 53.5 Å². The first kappa shape index (κ1) is 29.6. The normalized spacial score (nSPS) is 19.8. The highest BCUT2D eigenvalue weighted by Gasteiger charge is 2.48. The van der Waals surface area contributed by atoms with Crippen LogP contribution in [-0.4, -0.2) is 42.1 Å². The lowest BCUT2D eigenvalue weighted by Crippen LogP contribution is -2.44. The lowest BCUT2D eigenvalue weighted by molar-refractivity contribution is -0.120. The Balaban J connectivity index is 1.54. The molecule has 0 aromatic heterocycles. The van der Waals surface area contributed by atoms with Gasteiger partial charge in [-0.3, -0.25) is 14.4 Å². The van der Waals surface area contributed by atoms with Crippen LogP contribution in [0.3, 0.4) is 0 Å². The molecule has 1 heterocycles. The van der Waals surface area contributed by atoms with E-state index in [9.17, 15) is 14.4 Å². The number of Topliss-reactive ketones (excluding diaryl/α,β-unsaturated/α-hetero) is 2. The molecule has 0 fully saturated rings. The fourth-order valence-electron chi connectivity index (χ4n) is 6.72. The van der Waals surface area contributed by atoms with E-state index in [-0.39, 0.29) is 34.9 Å². The lowest BCUT2D eigenvalue weighted by Gasteiger charge is -2.48. The van der Waals surface area contributed by atoms with Crippen LogP contribution in [0.25, 0.3) is 0 Å². The fourth-order valence-corrected chi connectivity index (χ4v) is 6.72. The van der Waals surface area contributed by atoms with Crippen molar-refractivity contribution in [1.82, 2.24) is 4.90 Å². The summed E-state index contributed by atoms with van der Waals surface area (Å²) in [6.07, 6.45) is 2.44. The molecule has 7 nitrogen and oxygen atoms in total. The first-order valence-electron chi connectivity index (χ1n) is 15.0. The number of carbonyl (C=O) groups excluding carboxylic acids is 3. The minimum atomic E-state index is -0.459. The van der Waals surface area contributed by atoms with Gasteiger partial charge in [0.05, 0.1) is 6.61 Å². The van der Waals surface area contributed by atoms with Crippen LogP contribution in [-0.2, 0) is 14.4 Å². The predicted molar refractivity (Wildman–Crippen MR) is 163 cm³/mol. The minimum Gasteiger partial charge on any atom is -0.490 e. The second-order valence-corrected chi connectivity index (χ2v) is 13.1. The van der Waals surface area contributed by atoms with Crippen LogP contribution in [0.4, 0.5) is 5.69 Å². The molecule has 7 heteroatoms. The number of para-hydroxylation sites is 1. The highest BCUT2D eigenvalue weighted by molar-refractivity contribution is 6.06. The van der Waals surface area contributed by atoms with E-state index < -0.39 is 5.92 Å². The summed E-state index contributed by atoms with van der Waals surface area (Å²) in [7, 11) is 0. The maximum atomic E-state index is 13.9. The van der Waals surface area contributed by atoms with E-state index in [0.717, 1.165) is 40.9 Å². The molecule has 222 valence electrons. The highest BCUT2D eigenvalue weighted by Crippen LogP contribution is 2.54. The van der Waals surface area contributed by atoms with Crippen molar-refractivity contribution in [2.45, 2.75) is 73.1 Å². The van der Waals surface area contributed by atoms with Gasteiger partial charge in [0.2, 0.25) is 0 Å². The van der Waals surface area contributed by atoms with Crippen molar-refractivity contribution in [2.75, 3.05) is 25.1 Å². The number of allylic oxidation sites excluding steroid dienone is 4. The highest BCUT2D eigenvalue weighted by atomic mass is 16.5. The van der Waals surface area contributed by atoms with Gasteiger partial charge in [0.15, 0.2) is 29.7 Å². The number of benzene rings is 2. The lowest BCUT2D eigenvalue weighted by atomic mass is 9.63. The Kier molecular flexibility index (Phi) is 8.06. The molecule has 0 bridgehead atoms. The number of hydrogen-bond acceptors (Lipinski definition) is 6. The summed E-state index contributed by atoms with van der Waals surface area (Å²) in [5.41, 5.74) is 4.77. The van der Waals surface area contributed by atoms with E-state index >= 15 is 0 Å². The average molecular weight is 571 g/mol. The maximum absolute atomic E-state index is 13.9. The molecule has 1 amide bonds. The third-order valence-corrected chi connectivity index (χ3v) is 8.36. The van der Waals surface area contributed by atoms with Gasteiger partial charge in [0.1, 0.15) is 0 Å². The van der Waals surface area contributed by atoms with Crippen molar-refractivity contribution in [3.8, 4) is 11.5 Å². The van der Waals surface area contributed by atoms with Crippen LogP contribution >= 0.6 is 0 Å². The first-order valence-corrected chi connectivity index (χ1v) is 15.0. The second-order valence-electron chi connectivity index (χ2n) is 13.1. The van der Waals surface area contributed by atoms with Crippen LogP contribution in [0.2, 0.25) is 0 Å². The van der Waals surface area contributed by atoms with Crippen molar-refractivity contribution in [1.29, 1.82) is 0 Å². The maximum Gasteiger partial charge on any atom is 0.262 e. The zero-order valence-electron chi connectivity index (χ0n) is 25.6. The Hall–Kier alpha value is -3.87. The largest absolute Gasteiger partial charge is 0.490 e. The quantitative estimate of drug-likeness (QED) is 0.375. The molecule has 0 radical (unpaired) electrons. The van der Waals surface area contributed by atoms with E-state index in [0.29, 0.717) is 43.2 Å². The molecule has 0 unspecified atom stereocenters. The summed E-state index contributed by atoms with van der Waals surface area (Å²) in [6, 6.07) is 14.8. The molecule has 0 saturated carbocycles. The van der Waals surface area contributed by atoms with E-state index in [2.05, 4.69) is 44.8 Å². The van der Waals surface area contributed by atoms with Gasteiger partial charge in [-0.05, 0) is 67.3 Å². The summed E-state index contributed by atoms with van der Waals surface area (Å²) in [6.45, 7) is 13.5. The predicted octanol–water partition coefficient (Wildman–Crippen LogP) is 6.81. The van der Waals surface area contributed by atoms with Crippen LogP contribution in [0.5, 0.6) is 11.5 Å². The van der Waals surface area contributed by atoms with Crippen molar-refractivity contribution < 1.29 is 23.9 Å². The third-order valence-electron chi connectivity index (χ3n) is 8.36. The average Bonchev–Trinajstić information content (AvgIpc) is 2.90. The number of hydrogen-bond donors (Lipinski definition) is 1. The van der Waals surface area contributed by atoms with Gasteiger partial charge in [-0.15, -0.1) is 0 Å². The van der Waals surface area contributed by atoms with Crippen molar-refractivity contribution in [3.63, 3.8) is 0 Å². The Morgan fingerprint density at radius 1 is 0.833 bits per heavy atom. The van der Waals surface area contributed by atoms with E-state index in [1.54, 1.807) is 6.07 Å². The van der Waals surface area contributed by atoms with Crippen LogP contribution in [0.15, 0.2) is 71.1 Å². The number of nitrogens with one attached hydrogen (secondary N) is 1. The molecule has 2 aliphatic carbocycles. The minimum absolute atomic E-state index is 0.102. The summed E-state index contributed by atoms with van der Waals surface area (Å²) < 4.78 is 11.9. The fraction of sp³-hybridized carbons (Fsp3) is 0.457. The number of anilines is 1. The Morgan fingerprint density at radius 2 is 1.43 bits per heavy atom. The summed E-state index contributed by atoms with van der Waals surface area (Å²) in [5, 5.41) is 2.82. The standard InChI is InChI=1S/C35H42N2O5/c1-7-37-24-17-34(3,4)19-26(38)32(24)31(33-25(37)18-35(5,6)20-27(33)39)22-14-15-28(29(16-22)41-8-2)42-21-30(40)36-23-12-10-9-11-13-23/h9-16,31H,7-8,17-21H2,1-6H3,(H,36,40). The Labute approximate surface area is 249 Å². The van der Waals surface area contributed by atoms with E-state index in [1.165, 1.54) is 0 Å². The summed E-state index contributed by atoms with van der Waals surface area (Å²) in [5.74, 6) is 0.381. The number of ether oxygens (including phenoxy) is 2. The van der Waals surface area contributed by atoms with E-state index in [4.69, 9.17) is 9.47 Å². The van der Waals surface area contributed by atoms with Gasteiger partial charge in [-0.2, -0.15) is 0 Å². The van der Waals surface area contributed by atoms with Gasteiger partial charge in [0.25, 0.3) is 5.91 Å². The molecule has 1 aliphatic heterocycles.